The third-order valence-corrected chi connectivity index (χ3v) is 1.53. The molecule has 0 fully saturated rings. The predicted octanol–water partition coefficient (Wildman–Crippen LogP) is 1.55. The fourth-order valence-electron chi connectivity index (χ4n) is 0.833. The molecule has 0 aliphatic carbocycles. The molecule has 0 spiro atoms. The van der Waals surface area contributed by atoms with Gasteiger partial charge in [-0.1, -0.05) is 0 Å². The molecule has 1 aromatic rings. The maximum Gasteiger partial charge on any atom is 0.381 e. The molecule has 0 N–H and O–H groups in total. The number of imidazole rings is 1. The molecular weight excluding hydrogens is 206 g/mol. The van der Waals surface area contributed by atoms with Crippen LogP contribution in [0.1, 0.15) is 6.92 Å². The molecule has 4 nitrogen and oxygen atoms in total. The van der Waals surface area contributed by atoms with E-state index in [1.807, 2.05) is 0 Å². The molecule has 1 aromatic heterocycles. The number of halogens is 2. The van der Waals surface area contributed by atoms with Gasteiger partial charge >= 0.3 is 11.9 Å². The summed E-state index contributed by atoms with van der Waals surface area (Å²) < 4.78 is 31.5. The van der Waals surface area contributed by atoms with Gasteiger partial charge < -0.3 is 9.30 Å². The van der Waals surface area contributed by atoms with Crippen molar-refractivity contribution in [1.29, 1.82) is 0 Å². The average molecular weight is 216 g/mol. The zero-order chi connectivity index (χ0) is 11.3. The Kier molecular flexibility index (Phi) is 3.54. The molecule has 0 saturated carbocycles. The summed E-state index contributed by atoms with van der Waals surface area (Å²) in [6.45, 7) is 1.39. The number of aromatic nitrogens is 2. The predicted molar refractivity (Wildman–Crippen MR) is 49.1 cm³/mol. The van der Waals surface area contributed by atoms with Crippen LogP contribution in [0.4, 0.5) is 8.78 Å². The molecule has 0 atom stereocenters. The zero-order valence-electron chi connectivity index (χ0n) is 8.06. The summed E-state index contributed by atoms with van der Waals surface area (Å²) in [7, 11) is 0. The largest absolute Gasteiger partial charge is 0.461 e. The van der Waals surface area contributed by atoms with Crippen molar-refractivity contribution < 1.29 is 18.3 Å². The molecule has 0 saturated heterocycles. The minimum Gasteiger partial charge on any atom is -0.461 e. The first-order valence-electron chi connectivity index (χ1n) is 4.28. The number of carbonyl (C=O) groups is 1. The Bertz CT molecular complexity index is 347. The summed E-state index contributed by atoms with van der Waals surface area (Å²) in [4.78, 5) is 14.4. The Morgan fingerprint density at radius 3 is 2.93 bits per heavy atom. The van der Waals surface area contributed by atoms with Crippen molar-refractivity contribution in [3.05, 3.63) is 24.8 Å². The van der Waals surface area contributed by atoms with Crippen LogP contribution in [0.25, 0.3) is 6.20 Å². The summed E-state index contributed by atoms with van der Waals surface area (Å²) in [5.41, 5.74) is 0. The molecule has 0 radical (unpaired) electrons. The molecule has 1 rings (SSSR count). The molecule has 82 valence electrons. The SMILES string of the molecule is CCOC(=O)C(F)(F)/C=C/n1ccnc1. The van der Waals surface area contributed by atoms with Gasteiger partial charge in [-0.2, -0.15) is 8.78 Å². The molecule has 0 unspecified atom stereocenters. The first kappa shape index (κ1) is 11.4. The Morgan fingerprint density at radius 1 is 1.67 bits per heavy atom. The number of ether oxygens (including phenoxy) is 1. The van der Waals surface area contributed by atoms with Crippen molar-refractivity contribution in [2.75, 3.05) is 6.61 Å². The lowest BCUT2D eigenvalue weighted by Crippen LogP contribution is -2.28. The standard InChI is InChI=1S/C9H10F2N2O2/c1-2-15-8(14)9(10,11)3-5-13-6-4-12-7-13/h3-7H,2H2,1H3/b5-3+. The van der Waals surface area contributed by atoms with Crippen LogP contribution in [0.5, 0.6) is 0 Å². The van der Waals surface area contributed by atoms with Crippen LogP contribution >= 0.6 is 0 Å². The zero-order valence-corrected chi connectivity index (χ0v) is 8.06. The molecule has 15 heavy (non-hydrogen) atoms. The molecule has 0 amide bonds. The first-order valence-corrected chi connectivity index (χ1v) is 4.28. The number of hydrogen-bond donors (Lipinski definition) is 0. The number of rotatable bonds is 4. The smallest absolute Gasteiger partial charge is 0.381 e. The third-order valence-electron chi connectivity index (χ3n) is 1.53. The van der Waals surface area contributed by atoms with Crippen molar-refractivity contribution >= 4 is 12.2 Å². The Labute approximate surface area is 85.2 Å². The minimum atomic E-state index is -3.61. The van der Waals surface area contributed by atoms with Crippen LogP contribution in [0.2, 0.25) is 0 Å². The number of carbonyl (C=O) groups excluding carboxylic acids is 1. The maximum atomic E-state index is 13.0. The normalized spacial score (nSPS) is 11.9. The molecule has 6 heteroatoms. The van der Waals surface area contributed by atoms with Gasteiger partial charge in [-0.05, 0) is 6.92 Å². The fourth-order valence-corrected chi connectivity index (χ4v) is 0.833. The molecule has 0 bridgehead atoms. The Hall–Kier alpha value is -1.72. The lowest BCUT2D eigenvalue weighted by atomic mass is 10.3. The monoisotopic (exact) mass is 216 g/mol. The van der Waals surface area contributed by atoms with Crippen molar-refractivity contribution in [3.63, 3.8) is 0 Å². The second kappa shape index (κ2) is 4.68. The van der Waals surface area contributed by atoms with Crippen molar-refractivity contribution in [1.82, 2.24) is 9.55 Å². The second-order valence-corrected chi connectivity index (χ2v) is 2.67. The molecule has 1 heterocycles. The summed E-state index contributed by atoms with van der Waals surface area (Å²) in [6, 6.07) is 0. The van der Waals surface area contributed by atoms with Gasteiger partial charge in [-0.25, -0.2) is 9.78 Å². The van der Waals surface area contributed by atoms with Gasteiger partial charge in [0.05, 0.1) is 12.9 Å². The Morgan fingerprint density at radius 2 is 2.40 bits per heavy atom. The van der Waals surface area contributed by atoms with E-state index in [1.54, 1.807) is 0 Å². The van der Waals surface area contributed by atoms with Crippen molar-refractivity contribution in [3.8, 4) is 0 Å². The fraction of sp³-hybridized carbons (Fsp3) is 0.333. The van der Waals surface area contributed by atoms with Crippen LogP contribution in [-0.2, 0) is 9.53 Å². The molecule has 0 aliphatic heterocycles. The van der Waals surface area contributed by atoms with E-state index < -0.39 is 11.9 Å². The van der Waals surface area contributed by atoms with Gasteiger partial charge in [-0.15, -0.1) is 0 Å². The highest BCUT2D eigenvalue weighted by atomic mass is 19.3. The van der Waals surface area contributed by atoms with E-state index in [-0.39, 0.29) is 6.61 Å². The van der Waals surface area contributed by atoms with Crippen LogP contribution in [0.15, 0.2) is 24.8 Å². The van der Waals surface area contributed by atoms with Crippen LogP contribution in [0, 0.1) is 0 Å². The van der Waals surface area contributed by atoms with Crippen LogP contribution in [0.3, 0.4) is 0 Å². The second-order valence-electron chi connectivity index (χ2n) is 2.67. The number of alkyl halides is 2. The topological polar surface area (TPSA) is 44.1 Å². The minimum absolute atomic E-state index is 0.0761. The number of hydrogen-bond acceptors (Lipinski definition) is 3. The van der Waals surface area contributed by atoms with E-state index in [0.717, 1.165) is 6.20 Å². The third kappa shape index (κ3) is 3.16. The summed E-state index contributed by atoms with van der Waals surface area (Å²) in [5.74, 6) is -5.17. The number of esters is 1. The first-order chi connectivity index (χ1) is 7.06. The highest BCUT2D eigenvalue weighted by Crippen LogP contribution is 2.17. The number of nitrogens with zero attached hydrogens (tertiary/aromatic N) is 2. The van der Waals surface area contributed by atoms with E-state index in [2.05, 4.69) is 9.72 Å². The molecule has 0 aliphatic rings. The van der Waals surface area contributed by atoms with E-state index in [0.29, 0.717) is 6.08 Å². The van der Waals surface area contributed by atoms with Gasteiger partial charge in [0.1, 0.15) is 0 Å². The van der Waals surface area contributed by atoms with E-state index in [4.69, 9.17) is 0 Å². The maximum absolute atomic E-state index is 13.0. The van der Waals surface area contributed by atoms with Gasteiger partial charge in [0.25, 0.3) is 0 Å². The van der Waals surface area contributed by atoms with E-state index >= 15 is 0 Å². The van der Waals surface area contributed by atoms with Crippen LogP contribution in [-0.4, -0.2) is 28.0 Å². The Balaban J connectivity index is 2.67. The highest BCUT2D eigenvalue weighted by Gasteiger charge is 2.37. The van der Waals surface area contributed by atoms with Gasteiger partial charge in [-0.3, -0.25) is 0 Å². The average Bonchev–Trinajstić information content (AvgIpc) is 2.68. The van der Waals surface area contributed by atoms with Crippen molar-refractivity contribution in [2.24, 2.45) is 0 Å². The van der Waals surface area contributed by atoms with E-state index in [1.165, 1.54) is 30.2 Å². The lowest BCUT2D eigenvalue weighted by Gasteiger charge is -2.09. The van der Waals surface area contributed by atoms with Crippen LogP contribution < -0.4 is 0 Å². The summed E-state index contributed by atoms with van der Waals surface area (Å²) in [6.07, 6.45) is 5.75. The molecule has 0 aromatic carbocycles. The highest BCUT2D eigenvalue weighted by molar-refractivity contribution is 5.80. The molecular formula is C9H10F2N2O2. The lowest BCUT2D eigenvalue weighted by molar-refractivity contribution is -0.164. The summed E-state index contributed by atoms with van der Waals surface area (Å²) in [5, 5.41) is 0. The van der Waals surface area contributed by atoms with E-state index in [9.17, 15) is 13.6 Å². The van der Waals surface area contributed by atoms with Crippen molar-refractivity contribution in [2.45, 2.75) is 12.8 Å². The summed E-state index contributed by atoms with van der Waals surface area (Å²) >= 11 is 0. The van der Waals surface area contributed by atoms with Gasteiger partial charge in [0, 0.05) is 24.7 Å². The van der Waals surface area contributed by atoms with Gasteiger partial charge in [0.2, 0.25) is 0 Å². The van der Waals surface area contributed by atoms with Gasteiger partial charge in [0.15, 0.2) is 0 Å². The quantitative estimate of drug-likeness (QED) is 0.717.